The molecule has 1 amide bonds. The molecule has 23 heavy (non-hydrogen) atoms. The summed E-state index contributed by atoms with van der Waals surface area (Å²) in [5.41, 5.74) is 4.09. The quantitative estimate of drug-likeness (QED) is 0.912. The number of hydrogen-bond acceptors (Lipinski definition) is 2. The van der Waals surface area contributed by atoms with Crippen LogP contribution in [0.25, 0.3) is 10.9 Å². The molecule has 1 fully saturated rings. The van der Waals surface area contributed by atoms with Crippen molar-refractivity contribution < 1.29 is 9.90 Å². The largest absolute Gasteiger partial charge is 0.396 e. The van der Waals surface area contributed by atoms with E-state index in [2.05, 4.69) is 31.0 Å². The summed E-state index contributed by atoms with van der Waals surface area (Å²) in [5, 5.41) is 10.4. The van der Waals surface area contributed by atoms with E-state index >= 15 is 0 Å². The number of fused-ring (bicyclic) bond motifs is 1. The maximum atomic E-state index is 12.8. The topological polar surface area (TPSA) is 56.3 Å². The van der Waals surface area contributed by atoms with Crippen molar-refractivity contribution in [1.82, 2.24) is 9.88 Å². The van der Waals surface area contributed by atoms with E-state index in [1.165, 1.54) is 11.1 Å². The molecule has 0 radical (unpaired) electrons. The zero-order chi connectivity index (χ0) is 16.6. The van der Waals surface area contributed by atoms with Gasteiger partial charge in [-0.05, 0) is 68.7 Å². The number of rotatable bonds is 3. The van der Waals surface area contributed by atoms with Crippen LogP contribution in [0.3, 0.4) is 0 Å². The smallest absolute Gasteiger partial charge is 0.270 e. The predicted octanol–water partition coefficient (Wildman–Crippen LogP) is 3.41. The summed E-state index contributed by atoms with van der Waals surface area (Å²) in [6.07, 6.45) is 3.96. The van der Waals surface area contributed by atoms with Crippen molar-refractivity contribution in [2.75, 3.05) is 13.7 Å². The molecule has 1 saturated carbocycles. The molecule has 2 aromatic rings. The van der Waals surface area contributed by atoms with Gasteiger partial charge in [0.05, 0.1) is 0 Å². The Morgan fingerprint density at radius 3 is 2.57 bits per heavy atom. The number of aromatic nitrogens is 1. The number of aromatic amines is 1. The summed E-state index contributed by atoms with van der Waals surface area (Å²) in [6, 6.07) is 6.48. The van der Waals surface area contributed by atoms with Crippen LogP contribution in [-0.4, -0.2) is 40.6 Å². The molecule has 2 N–H and O–H groups in total. The van der Waals surface area contributed by atoms with Gasteiger partial charge in [0.2, 0.25) is 0 Å². The highest BCUT2D eigenvalue weighted by atomic mass is 16.3. The fourth-order valence-electron chi connectivity index (χ4n) is 3.79. The van der Waals surface area contributed by atoms with E-state index < -0.39 is 0 Å². The predicted molar refractivity (Wildman–Crippen MR) is 92.7 cm³/mol. The van der Waals surface area contributed by atoms with Crippen LogP contribution >= 0.6 is 0 Å². The molecule has 0 unspecified atom stereocenters. The van der Waals surface area contributed by atoms with E-state index in [-0.39, 0.29) is 18.6 Å². The van der Waals surface area contributed by atoms with Gasteiger partial charge in [0.25, 0.3) is 5.91 Å². The Bertz CT molecular complexity index is 711. The van der Waals surface area contributed by atoms with Gasteiger partial charge in [0.15, 0.2) is 0 Å². The van der Waals surface area contributed by atoms with Crippen molar-refractivity contribution in [3.8, 4) is 0 Å². The molecule has 4 nitrogen and oxygen atoms in total. The van der Waals surface area contributed by atoms with Crippen LogP contribution in [0.2, 0.25) is 0 Å². The molecule has 1 aromatic carbocycles. The lowest BCUT2D eigenvalue weighted by Gasteiger charge is -2.33. The Morgan fingerprint density at radius 1 is 1.22 bits per heavy atom. The van der Waals surface area contributed by atoms with Crippen molar-refractivity contribution in [2.24, 2.45) is 5.92 Å². The first kappa shape index (κ1) is 16.1. The zero-order valence-corrected chi connectivity index (χ0v) is 14.2. The summed E-state index contributed by atoms with van der Waals surface area (Å²) in [4.78, 5) is 18.0. The molecular weight excluding hydrogens is 288 g/mol. The third-order valence-corrected chi connectivity index (χ3v) is 5.26. The van der Waals surface area contributed by atoms with E-state index in [1.807, 2.05) is 18.0 Å². The zero-order valence-electron chi connectivity index (χ0n) is 14.2. The van der Waals surface area contributed by atoms with Crippen LogP contribution in [0.5, 0.6) is 0 Å². The van der Waals surface area contributed by atoms with Crippen LogP contribution in [-0.2, 0) is 0 Å². The van der Waals surface area contributed by atoms with Crippen LogP contribution in [0.4, 0.5) is 0 Å². The number of H-pyrrole nitrogens is 1. The first-order valence-electron chi connectivity index (χ1n) is 8.47. The second kappa shape index (κ2) is 6.36. The average molecular weight is 314 g/mol. The normalized spacial score (nSPS) is 21.6. The van der Waals surface area contributed by atoms with Crippen LogP contribution < -0.4 is 0 Å². The molecule has 1 aromatic heterocycles. The first-order chi connectivity index (χ1) is 11.0. The standard InChI is InChI=1S/C19H26N2O2/c1-12-8-13(2)16-10-18(20-17(16)9-12)19(23)21(3)15-6-4-14(11-22)5-7-15/h8-10,14-15,20,22H,4-7,11H2,1-3H3. The monoisotopic (exact) mass is 314 g/mol. The highest BCUT2D eigenvalue weighted by Crippen LogP contribution is 2.28. The second-order valence-corrected chi connectivity index (χ2v) is 7.00. The lowest BCUT2D eigenvalue weighted by atomic mass is 9.86. The van der Waals surface area contributed by atoms with Gasteiger partial charge in [0, 0.05) is 30.6 Å². The minimum absolute atomic E-state index is 0.0608. The van der Waals surface area contributed by atoms with Gasteiger partial charge < -0.3 is 15.0 Å². The Labute approximate surface area is 137 Å². The molecule has 0 aliphatic heterocycles. The van der Waals surface area contributed by atoms with Crippen molar-refractivity contribution in [3.63, 3.8) is 0 Å². The molecule has 0 atom stereocenters. The van der Waals surface area contributed by atoms with E-state index in [4.69, 9.17) is 0 Å². The molecule has 124 valence electrons. The Morgan fingerprint density at radius 2 is 1.91 bits per heavy atom. The van der Waals surface area contributed by atoms with E-state index in [1.54, 1.807) is 0 Å². The summed E-state index contributed by atoms with van der Waals surface area (Å²) in [7, 11) is 1.90. The maximum Gasteiger partial charge on any atom is 0.270 e. The fourth-order valence-corrected chi connectivity index (χ4v) is 3.79. The molecule has 1 aliphatic carbocycles. The van der Waals surface area contributed by atoms with Crippen molar-refractivity contribution in [3.05, 3.63) is 35.0 Å². The van der Waals surface area contributed by atoms with E-state index in [9.17, 15) is 9.90 Å². The van der Waals surface area contributed by atoms with Crippen LogP contribution in [0.15, 0.2) is 18.2 Å². The summed E-state index contributed by atoms with van der Waals surface area (Å²) in [6.45, 7) is 4.42. The Kier molecular flexibility index (Phi) is 4.44. The summed E-state index contributed by atoms with van der Waals surface area (Å²) >= 11 is 0. The van der Waals surface area contributed by atoms with Crippen molar-refractivity contribution in [2.45, 2.75) is 45.6 Å². The molecule has 3 rings (SSSR count). The van der Waals surface area contributed by atoms with Gasteiger partial charge >= 0.3 is 0 Å². The van der Waals surface area contributed by atoms with Crippen LogP contribution in [0.1, 0.15) is 47.3 Å². The van der Waals surface area contributed by atoms with Crippen molar-refractivity contribution in [1.29, 1.82) is 0 Å². The molecular formula is C19H26N2O2. The number of aliphatic hydroxyl groups is 1. The number of benzene rings is 1. The third-order valence-electron chi connectivity index (χ3n) is 5.26. The van der Waals surface area contributed by atoms with Gasteiger partial charge in [-0.15, -0.1) is 0 Å². The minimum Gasteiger partial charge on any atom is -0.396 e. The lowest BCUT2D eigenvalue weighted by Crippen LogP contribution is -2.40. The van der Waals surface area contributed by atoms with E-state index in [0.717, 1.165) is 36.6 Å². The SMILES string of the molecule is Cc1cc(C)c2cc(C(=O)N(C)C3CCC(CO)CC3)[nH]c2c1. The van der Waals surface area contributed by atoms with Gasteiger partial charge in [-0.25, -0.2) is 0 Å². The van der Waals surface area contributed by atoms with Crippen molar-refractivity contribution >= 4 is 16.8 Å². The summed E-state index contributed by atoms with van der Waals surface area (Å²) < 4.78 is 0. The highest BCUT2D eigenvalue weighted by molar-refractivity contribution is 5.99. The number of aliphatic hydroxyl groups excluding tert-OH is 1. The maximum absolute atomic E-state index is 12.8. The second-order valence-electron chi connectivity index (χ2n) is 7.00. The molecule has 0 spiro atoms. The van der Waals surface area contributed by atoms with Gasteiger partial charge in [0.1, 0.15) is 5.69 Å². The highest BCUT2D eigenvalue weighted by Gasteiger charge is 2.27. The molecule has 1 heterocycles. The number of carbonyl (C=O) groups excluding carboxylic acids is 1. The molecule has 0 saturated heterocycles. The Hall–Kier alpha value is -1.81. The number of amides is 1. The third kappa shape index (κ3) is 3.13. The average Bonchev–Trinajstić information content (AvgIpc) is 2.98. The first-order valence-corrected chi connectivity index (χ1v) is 8.47. The minimum atomic E-state index is 0.0608. The number of carbonyl (C=O) groups is 1. The fraction of sp³-hybridized carbons (Fsp3) is 0.526. The number of nitrogens with zero attached hydrogens (tertiary/aromatic N) is 1. The van der Waals surface area contributed by atoms with Gasteiger partial charge in [-0.2, -0.15) is 0 Å². The number of nitrogens with one attached hydrogen (secondary N) is 1. The lowest BCUT2D eigenvalue weighted by molar-refractivity contribution is 0.0648. The Balaban J connectivity index is 1.79. The van der Waals surface area contributed by atoms with Gasteiger partial charge in [-0.1, -0.05) is 6.07 Å². The summed E-state index contributed by atoms with van der Waals surface area (Å²) in [5.74, 6) is 0.471. The molecule has 4 heteroatoms. The van der Waals surface area contributed by atoms with Crippen LogP contribution in [0, 0.1) is 19.8 Å². The molecule has 1 aliphatic rings. The van der Waals surface area contributed by atoms with Gasteiger partial charge in [-0.3, -0.25) is 4.79 Å². The van der Waals surface area contributed by atoms with E-state index in [0.29, 0.717) is 11.6 Å². The number of aryl methyl sites for hydroxylation is 2. The molecule has 0 bridgehead atoms. The number of hydrogen-bond donors (Lipinski definition) is 2.